The highest BCUT2D eigenvalue weighted by Crippen LogP contribution is 2.59. The van der Waals surface area contributed by atoms with Crippen LogP contribution in [0.25, 0.3) is 0 Å². The van der Waals surface area contributed by atoms with E-state index in [2.05, 4.69) is 208 Å². The summed E-state index contributed by atoms with van der Waals surface area (Å²) >= 11 is 0. The molecule has 0 saturated heterocycles. The molecule has 0 aromatic heterocycles. The molecule has 12 aromatic carbocycles. The molecule has 0 saturated carbocycles. The van der Waals surface area contributed by atoms with Crippen molar-refractivity contribution < 1.29 is 9.47 Å². The van der Waals surface area contributed by atoms with Gasteiger partial charge in [0, 0.05) is 66.8 Å². The lowest BCUT2D eigenvalue weighted by atomic mass is 9.79. The third-order valence-electron chi connectivity index (χ3n) is 18.4. The van der Waals surface area contributed by atoms with Gasteiger partial charge in [0.05, 0.1) is 59.9 Å². The zero-order valence-corrected chi connectivity index (χ0v) is 54.7. The van der Waals surface area contributed by atoms with Gasteiger partial charge in [0.25, 0.3) is 0 Å². The van der Waals surface area contributed by atoms with Crippen molar-refractivity contribution in [2.24, 2.45) is 39.9 Å². The molecule has 0 aliphatic carbocycles. The van der Waals surface area contributed by atoms with Crippen LogP contribution in [0, 0.1) is 13.8 Å². The summed E-state index contributed by atoms with van der Waals surface area (Å²) in [5.41, 5.74) is 13.9. The van der Waals surface area contributed by atoms with Gasteiger partial charge in [-0.05, 0) is 37.1 Å². The molecule has 0 atom stereocenters. The zero-order chi connectivity index (χ0) is 66.5. The lowest BCUT2D eigenvalue weighted by molar-refractivity contribution is 0.240. The Morgan fingerprint density at radius 2 is 0.337 bits per heavy atom. The molecule has 16 rings (SSSR count). The molecule has 0 radical (unpaired) electrons. The Balaban J connectivity index is 0.000000160. The summed E-state index contributed by atoms with van der Waals surface area (Å²) in [5.74, 6) is 1.24. The predicted octanol–water partition coefficient (Wildman–Crippen LogP) is 18.0. The van der Waals surface area contributed by atoms with Crippen LogP contribution < -0.4 is 9.47 Å². The maximum atomic E-state index is 6.12. The summed E-state index contributed by atoms with van der Waals surface area (Å²) in [7, 11) is 3.35. The van der Waals surface area contributed by atoms with Crippen LogP contribution in [0.2, 0.25) is 0 Å². The largest absolute Gasteiger partial charge is 0.496 e. The monoisotopic (exact) mass is 1270 g/mol. The molecule has 0 fully saturated rings. The lowest BCUT2D eigenvalue weighted by Gasteiger charge is -2.39. The van der Waals surface area contributed by atoms with Crippen molar-refractivity contribution >= 4 is 45.7 Å². The highest BCUT2D eigenvalue weighted by Gasteiger charge is 2.64. The highest BCUT2D eigenvalue weighted by atomic mass is 16.5. The fourth-order valence-corrected chi connectivity index (χ4v) is 13.8. The molecule has 10 heteroatoms. The summed E-state index contributed by atoms with van der Waals surface area (Å²) in [5, 5.41) is 0. The minimum absolute atomic E-state index is 0.621. The molecule has 4 heterocycles. The second-order valence-corrected chi connectivity index (χ2v) is 24.3. The Kier molecular flexibility index (Phi) is 16.6. The minimum Gasteiger partial charge on any atom is -0.496 e. The van der Waals surface area contributed by atoms with Crippen molar-refractivity contribution in [1.82, 2.24) is 0 Å². The number of aliphatic imine (C=N–C) groups is 8. The number of hydrogen-bond donors (Lipinski definition) is 0. The Bertz CT molecular complexity index is 4620. The van der Waals surface area contributed by atoms with Crippen LogP contribution in [0.3, 0.4) is 0 Å². The van der Waals surface area contributed by atoms with E-state index in [1.165, 1.54) is 0 Å². The smallest absolute Gasteiger partial charge is 0.230 e. The normalized spacial score (nSPS) is 16.0. The predicted molar refractivity (Wildman–Crippen MR) is 399 cm³/mol. The molecule has 0 N–H and O–H groups in total. The van der Waals surface area contributed by atoms with Gasteiger partial charge in [-0.25, -0.2) is 39.9 Å². The van der Waals surface area contributed by atoms with Crippen LogP contribution in [0.5, 0.6) is 11.5 Å². The Hall–Kier alpha value is -12.4. The average molecular weight is 1270 g/mol. The molecular weight excluding hydrogens is 1200 g/mol. The van der Waals surface area contributed by atoms with Crippen molar-refractivity contribution in [1.29, 1.82) is 0 Å². The second-order valence-electron chi connectivity index (χ2n) is 24.3. The van der Waals surface area contributed by atoms with Crippen LogP contribution in [0.15, 0.2) is 380 Å². The van der Waals surface area contributed by atoms with Crippen molar-refractivity contribution in [3.63, 3.8) is 0 Å². The van der Waals surface area contributed by atoms with E-state index in [0.717, 1.165) is 124 Å². The first-order valence-corrected chi connectivity index (χ1v) is 32.9. The summed E-state index contributed by atoms with van der Waals surface area (Å²) in [6.45, 7) is 4.27. The third-order valence-corrected chi connectivity index (χ3v) is 18.4. The Morgan fingerprint density at radius 1 is 0.184 bits per heavy atom. The van der Waals surface area contributed by atoms with E-state index in [1.54, 1.807) is 14.2 Å². The van der Waals surface area contributed by atoms with Gasteiger partial charge >= 0.3 is 0 Å². The zero-order valence-electron chi connectivity index (χ0n) is 54.7. The van der Waals surface area contributed by atoms with Crippen molar-refractivity contribution in [3.8, 4) is 11.5 Å². The van der Waals surface area contributed by atoms with E-state index in [9.17, 15) is 0 Å². The van der Waals surface area contributed by atoms with Crippen LogP contribution in [-0.2, 0) is 22.7 Å². The first kappa shape index (κ1) is 61.8. The number of aryl methyl sites for hydroxylation is 2. The SMILES string of the molecule is COc1ccccc1C1(C2(c3ccccc3OC)N=C(c3ccccc3)C(c3ccccc3)=N2)N=C(c2ccccc2)C(c2ccccc2)=N1.Cc1ccccc1C1(C2(c3ccccc3C)N=C(c3ccccc3)C(c3ccccc3)=N2)N=C(c2ccccc2)C(c2ccccc2)=N1. The molecule has 10 nitrogen and oxygen atoms in total. The summed E-state index contributed by atoms with van der Waals surface area (Å²) in [4.78, 5) is 46.2. The van der Waals surface area contributed by atoms with Gasteiger partial charge in [0.1, 0.15) is 11.5 Å². The standard InChI is InChI=1S/C44H34N4O2.C44H34N4/c1-49-37-29-17-15-27-35(37)43(45-39(31-19-7-3-8-20-31)40(46-43)32-21-9-4-10-22-32)44(36-28-16-18-30-38(36)50-2)47-41(33-23-11-5-12-24-33)42(48-44)34-25-13-6-14-26-34;1-31-19-15-17-29-37(31)43(45-39(33-21-7-3-8-22-33)40(46-43)34-23-9-4-10-24-34)44(38-30-18-16-20-32(38)2)47-41(35-25-11-5-12-26-35)42(48-44)36-27-13-6-14-28-36/h3-30H,1-2H3;3-30H,1-2H3. The van der Waals surface area contributed by atoms with E-state index < -0.39 is 22.7 Å². The number of ether oxygens (including phenoxy) is 2. The molecule has 0 unspecified atom stereocenters. The van der Waals surface area contributed by atoms with E-state index in [1.807, 2.05) is 146 Å². The van der Waals surface area contributed by atoms with E-state index >= 15 is 0 Å². The van der Waals surface area contributed by atoms with Gasteiger partial charge in [-0.15, -0.1) is 0 Å². The van der Waals surface area contributed by atoms with E-state index in [0.29, 0.717) is 11.5 Å². The average Bonchev–Trinajstić information content (AvgIpc) is 1.53. The fraction of sp³-hybridized carbons (Fsp3) is 0.0909. The molecule has 98 heavy (non-hydrogen) atoms. The molecule has 0 amide bonds. The Labute approximate surface area is 571 Å². The number of methoxy groups -OCH3 is 2. The minimum atomic E-state index is -1.48. The van der Waals surface area contributed by atoms with Crippen LogP contribution >= 0.6 is 0 Å². The van der Waals surface area contributed by atoms with E-state index in [4.69, 9.17) is 49.4 Å². The van der Waals surface area contributed by atoms with Gasteiger partial charge in [-0.2, -0.15) is 0 Å². The number of hydrogen-bond acceptors (Lipinski definition) is 10. The molecule has 0 spiro atoms. The number of rotatable bonds is 16. The number of para-hydroxylation sites is 2. The van der Waals surface area contributed by atoms with Gasteiger partial charge in [0.2, 0.25) is 22.7 Å². The molecule has 12 aromatic rings. The lowest BCUT2D eigenvalue weighted by Crippen LogP contribution is -2.44. The van der Waals surface area contributed by atoms with Gasteiger partial charge in [0.15, 0.2) is 0 Å². The van der Waals surface area contributed by atoms with Crippen molar-refractivity contribution in [2.45, 2.75) is 36.5 Å². The van der Waals surface area contributed by atoms with Crippen LogP contribution in [0.1, 0.15) is 77.9 Å². The maximum Gasteiger partial charge on any atom is 0.230 e. The fourth-order valence-electron chi connectivity index (χ4n) is 13.8. The molecular formula is C88H68N8O2. The first-order valence-electron chi connectivity index (χ1n) is 32.9. The van der Waals surface area contributed by atoms with Crippen molar-refractivity contribution in [3.05, 3.63) is 418 Å². The second kappa shape index (κ2) is 26.4. The van der Waals surface area contributed by atoms with Crippen molar-refractivity contribution in [2.75, 3.05) is 14.2 Å². The van der Waals surface area contributed by atoms with Gasteiger partial charge in [-0.1, -0.05) is 328 Å². The van der Waals surface area contributed by atoms with Gasteiger partial charge in [-0.3, -0.25) is 0 Å². The van der Waals surface area contributed by atoms with E-state index in [-0.39, 0.29) is 0 Å². The number of benzene rings is 12. The molecule has 472 valence electrons. The number of nitrogens with zero attached hydrogens (tertiary/aromatic N) is 8. The van der Waals surface area contributed by atoms with Crippen LogP contribution in [-0.4, -0.2) is 59.9 Å². The molecule has 0 bridgehead atoms. The molecule has 4 aliphatic heterocycles. The summed E-state index contributed by atoms with van der Waals surface area (Å²) in [6, 6.07) is 115. The van der Waals surface area contributed by atoms with Crippen LogP contribution in [0.4, 0.5) is 0 Å². The highest BCUT2D eigenvalue weighted by molar-refractivity contribution is 6.57. The Morgan fingerprint density at radius 3 is 0.520 bits per heavy atom. The topological polar surface area (TPSA) is 117 Å². The maximum absolute atomic E-state index is 6.12. The summed E-state index contributed by atoms with van der Waals surface area (Å²) in [6.07, 6.45) is 0. The first-order chi connectivity index (χ1) is 48.3. The molecule has 4 aliphatic rings. The van der Waals surface area contributed by atoms with Gasteiger partial charge < -0.3 is 9.47 Å². The third kappa shape index (κ3) is 10.8. The summed E-state index contributed by atoms with van der Waals surface area (Å²) < 4.78 is 12.2. The quantitative estimate of drug-likeness (QED) is 0.0958.